The Morgan fingerprint density at radius 1 is 0.970 bits per heavy atom. The fourth-order valence-electron chi connectivity index (χ4n) is 4.78. The number of nitrogens with zero attached hydrogens (tertiary/aromatic N) is 6. The summed E-state index contributed by atoms with van der Waals surface area (Å²) in [6.45, 7) is 6.53. The molecule has 7 nitrogen and oxygen atoms in total. The molecule has 0 amide bonds. The fourth-order valence-corrected chi connectivity index (χ4v) is 4.78. The maximum absolute atomic E-state index is 5.85. The van der Waals surface area contributed by atoms with Crippen LogP contribution in [0.15, 0.2) is 66.7 Å². The number of rotatable bonds is 8. The molecule has 0 radical (unpaired) electrons. The molecule has 1 aromatic heterocycles. The zero-order valence-electron chi connectivity index (χ0n) is 19.0. The van der Waals surface area contributed by atoms with Gasteiger partial charge >= 0.3 is 0 Å². The molecule has 0 N–H and O–H groups in total. The number of ether oxygens (including phenoxy) is 1. The van der Waals surface area contributed by atoms with Crippen LogP contribution in [0.25, 0.3) is 6.08 Å². The van der Waals surface area contributed by atoms with Crippen molar-refractivity contribution in [3.05, 3.63) is 83.7 Å². The fraction of sp³-hybridized carbons (Fsp3) is 0.423. The molecule has 0 bridgehead atoms. The van der Waals surface area contributed by atoms with Gasteiger partial charge in [-0.25, -0.2) is 4.68 Å². The molecule has 0 spiro atoms. The number of piperazine rings is 1. The predicted octanol–water partition coefficient (Wildman–Crippen LogP) is 3.27. The summed E-state index contributed by atoms with van der Waals surface area (Å²) in [5.74, 6) is 0.911. The Bertz CT molecular complexity index is 1010. The monoisotopic (exact) mass is 444 g/mol. The van der Waals surface area contributed by atoms with Gasteiger partial charge in [0.15, 0.2) is 5.82 Å². The molecule has 33 heavy (non-hydrogen) atoms. The lowest BCUT2D eigenvalue weighted by Gasteiger charge is -2.38. The summed E-state index contributed by atoms with van der Waals surface area (Å²) in [5, 5.41) is 12.9. The van der Waals surface area contributed by atoms with Crippen molar-refractivity contribution in [2.75, 3.05) is 39.3 Å². The first kappa shape index (κ1) is 21.9. The van der Waals surface area contributed by atoms with Gasteiger partial charge in [0.2, 0.25) is 0 Å². The SMILES string of the molecule is C(=Cc1ccccc1)CN1CCN(C(c2ccccc2)c2nnnn2CC2CCCO2)CC1. The van der Waals surface area contributed by atoms with Crippen LogP contribution in [0.4, 0.5) is 0 Å². The van der Waals surface area contributed by atoms with E-state index < -0.39 is 0 Å². The first-order chi connectivity index (χ1) is 16.4. The van der Waals surface area contributed by atoms with Crippen molar-refractivity contribution in [1.82, 2.24) is 30.0 Å². The molecule has 2 aromatic carbocycles. The van der Waals surface area contributed by atoms with E-state index in [4.69, 9.17) is 4.74 Å². The van der Waals surface area contributed by atoms with Crippen LogP contribution in [-0.4, -0.2) is 75.4 Å². The van der Waals surface area contributed by atoms with Crippen LogP contribution < -0.4 is 0 Å². The number of aromatic nitrogens is 4. The lowest BCUT2D eigenvalue weighted by molar-refractivity contribution is 0.0868. The molecule has 3 heterocycles. The highest BCUT2D eigenvalue weighted by Crippen LogP contribution is 2.28. The van der Waals surface area contributed by atoms with Crippen molar-refractivity contribution in [3.8, 4) is 0 Å². The molecule has 2 fully saturated rings. The van der Waals surface area contributed by atoms with Gasteiger partial charge in [-0.3, -0.25) is 9.80 Å². The van der Waals surface area contributed by atoms with E-state index in [1.165, 1.54) is 11.1 Å². The van der Waals surface area contributed by atoms with E-state index in [1.54, 1.807) is 0 Å². The van der Waals surface area contributed by atoms with Gasteiger partial charge in [0.1, 0.15) is 0 Å². The number of hydrogen-bond acceptors (Lipinski definition) is 6. The second kappa shape index (κ2) is 10.8. The smallest absolute Gasteiger partial charge is 0.173 e. The topological polar surface area (TPSA) is 59.3 Å². The van der Waals surface area contributed by atoms with Gasteiger partial charge in [-0.15, -0.1) is 5.10 Å². The minimum atomic E-state index is 0.0459. The molecule has 0 aliphatic carbocycles. The highest BCUT2D eigenvalue weighted by molar-refractivity contribution is 5.48. The quantitative estimate of drug-likeness (QED) is 0.532. The van der Waals surface area contributed by atoms with Gasteiger partial charge in [0.05, 0.1) is 18.7 Å². The largest absolute Gasteiger partial charge is 0.376 e. The van der Waals surface area contributed by atoms with Gasteiger partial charge in [-0.2, -0.15) is 0 Å². The molecule has 2 saturated heterocycles. The highest BCUT2D eigenvalue weighted by Gasteiger charge is 2.31. The minimum absolute atomic E-state index is 0.0459. The van der Waals surface area contributed by atoms with Crippen molar-refractivity contribution in [2.24, 2.45) is 0 Å². The van der Waals surface area contributed by atoms with Gasteiger partial charge < -0.3 is 4.74 Å². The van der Waals surface area contributed by atoms with Crippen LogP contribution in [0.2, 0.25) is 0 Å². The molecular weight excluding hydrogens is 412 g/mol. The molecule has 3 aromatic rings. The molecule has 0 saturated carbocycles. The van der Waals surface area contributed by atoms with Crippen molar-refractivity contribution >= 4 is 6.08 Å². The van der Waals surface area contributed by atoms with Crippen molar-refractivity contribution in [3.63, 3.8) is 0 Å². The molecule has 7 heteroatoms. The van der Waals surface area contributed by atoms with E-state index in [9.17, 15) is 0 Å². The third-order valence-electron chi connectivity index (χ3n) is 6.57. The Labute approximate surface area is 195 Å². The minimum Gasteiger partial charge on any atom is -0.376 e. The van der Waals surface area contributed by atoms with Crippen LogP contribution >= 0.6 is 0 Å². The Hall–Kier alpha value is -2.87. The number of hydrogen-bond donors (Lipinski definition) is 0. The van der Waals surface area contributed by atoms with Gasteiger partial charge in [-0.05, 0) is 34.4 Å². The van der Waals surface area contributed by atoms with Crippen LogP contribution in [0.1, 0.15) is 35.8 Å². The van der Waals surface area contributed by atoms with E-state index in [0.29, 0.717) is 0 Å². The van der Waals surface area contributed by atoms with Gasteiger partial charge in [0, 0.05) is 39.3 Å². The predicted molar refractivity (Wildman–Crippen MR) is 129 cm³/mol. The van der Waals surface area contributed by atoms with Crippen molar-refractivity contribution in [2.45, 2.75) is 31.5 Å². The maximum Gasteiger partial charge on any atom is 0.173 e. The Kier molecular flexibility index (Phi) is 7.20. The third kappa shape index (κ3) is 5.55. The second-order valence-corrected chi connectivity index (χ2v) is 8.82. The average Bonchev–Trinajstić information content (AvgIpc) is 3.55. The van der Waals surface area contributed by atoms with Gasteiger partial charge in [0.25, 0.3) is 0 Å². The maximum atomic E-state index is 5.85. The van der Waals surface area contributed by atoms with Crippen LogP contribution in [0.5, 0.6) is 0 Å². The van der Waals surface area contributed by atoms with Crippen molar-refractivity contribution < 1.29 is 4.74 Å². The Balaban J connectivity index is 1.27. The molecule has 2 unspecified atom stereocenters. The van der Waals surface area contributed by atoms with Gasteiger partial charge in [-0.1, -0.05) is 72.8 Å². The summed E-state index contributed by atoms with van der Waals surface area (Å²) >= 11 is 0. The van der Waals surface area contributed by atoms with Crippen LogP contribution in [0, 0.1) is 0 Å². The highest BCUT2D eigenvalue weighted by atomic mass is 16.5. The normalized spacial score (nSPS) is 21.0. The van der Waals surface area contributed by atoms with E-state index in [-0.39, 0.29) is 12.1 Å². The molecule has 2 aliphatic heterocycles. The third-order valence-corrected chi connectivity index (χ3v) is 6.57. The Morgan fingerprint density at radius 2 is 1.73 bits per heavy atom. The summed E-state index contributed by atoms with van der Waals surface area (Å²) in [5.41, 5.74) is 2.48. The Morgan fingerprint density at radius 3 is 2.45 bits per heavy atom. The lowest BCUT2D eigenvalue weighted by atomic mass is 10.0. The zero-order chi connectivity index (χ0) is 22.3. The molecule has 2 aliphatic rings. The molecule has 172 valence electrons. The first-order valence-electron chi connectivity index (χ1n) is 12.0. The number of tetrazole rings is 1. The number of benzene rings is 2. The average molecular weight is 445 g/mol. The molecule has 2 atom stereocenters. The second-order valence-electron chi connectivity index (χ2n) is 8.82. The molecular formula is C26H32N6O. The standard InChI is InChI=1S/C26H32N6O/c1-3-9-22(10-4-1)11-7-15-30-16-18-31(19-17-30)25(23-12-5-2-6-13-23)26-27-28-29-32(26)21-24-14-8-20-33-24/h1-7,9-13,24-25H,8,14-21H2. The summed E-state index contributed by atoms with van der Waals surface area (Å²) in [7, 11) is 0. The van der Waals surface area contributed by atoms with Crippen LogP contribution in [-0.2, 0) is 11.3 Å². The van der Waals surface area contributed by atoms with Crippen LogP contribution in [0.3, 0.4) is 0 Å². The molecule has 5 rings (SSSR count). The zero-order valence-corrected chi connectivity index (χ0v) is 19.0. The van der Waals surface area contributed by atoms with E-state index in [0.717, 1.165) is 64.5 Å². The van der Waals surface area contributed by atoms with Crippen molar-refractivity contribution in [1.29, 1.82) is 0 Å². The lowest BCUT2D eigenvalue weighted by Crippen LogP contribution is -2.48. The summed E-state index contributed by atoms with van der Waals surface area (Å²) in [6.07, 6.45) is 6.87. The summed E-state index contributed by atoms with van der Waals surface area (Å²) in [4.78, 5) is 5.03. The summed E-state index contributed by atoms with van der Waals surface area (Å²) < 4.78 is 7.81. The van der Waals surface area contributed by atoms with E-state index in [1.807, 2.05) is 4.68 Å². The first-order valence-corrected chi connectivity index (χ1v) is 12.0. The van der Waals surface area contributed by atoms with E-state index >= 15 is 0 Å². The van der Waals surface area contributed by atoms with E-state index in [2.05, 4.69) is 98.1 Å². The summed E-state index contributed by atoms with van der Waals surface area (Å²) in [6, 6.07) is 21.2.